The van der Waals surface area contributed by atoms with Crippen LogP contribution in [0.2, 0.25) is 0 Å². The number of piperazine rings is 1. The van der Waals surface area contributed by atoms with Crippen molar-refractivity contribution in [3.8, 4) is 12.1 Å². The fourth-order valence-electron chi connectivity index (χ4n) is 3.96. The molecule has 166 valence electrons. The van der Waals surface area contributed by atoms with Gasteiger partial charge in [-0.2, -0.15) is 15.2 Å². The van der Waals surface area contributed by atoms with Gasteiger partial charge < -0.3 is 20.3 Å². The number of allylic oxidation sites excluding steroid dienone is 2. The Kier molecular flexibility index (Phi) is 9.54. The van der Waals surface area contributed by atoms with E-state index < -0.39 is 0 Å². The number of likely N-dealkylation sites (N-methyl/N-ethyl adjacent to an activating group) is 1. The van der Waals surface area contributed by atoms with Crippen LogP contribution in [0.4, 0.5) is 5.82 Å². The highest BCUT2D eigenvalue weighted by Crippen LogP contribution is 2.37. The lowest BCUT2D eigenvalue weighted by Gasteiger charge is -2.32. The number of hydrogen-bond acceptors (Lipinski definition) is 7. The minimum Gasteiger partial charge on any atom is -0.463 e. The number of nitrogen functional groups attached to an aromatic ring is 1. The topological polar surface area (TPSA) is 91.3 Å². The zero-order valence-corrected chi connectivity index (χ0v) is 17.9. The first kappa shape index (κ1) is 24.1. The van der Waals surface area contributed by atoms with E-state index in [0.717, 1.165) is 54.5 Å². The summed E-state index contributed by atoms with van der Waals surface area (Å²) in [6.45, 7) is 8.54. The molecule has 2 heterocycles. The van der Waals surface area contributed by atoms with E-state index >= 15 is 0 Å². The van der Waals surface area contributed by atoms with Gasteiger partial charge in [0, 0.05) is 43.7 Å². The molecule has 0 radical (unpaired) electrons. The summed E-state index contributed by atoms with van der Waals surface area (Å²) in [7, 11) is 2.19. The van der Waals surface area contributed by atoms with Crippen molar-refractivity contribution in [3.05, 3.63) is 16.8 Å². The molecule has 7 heteroatoms. The normalized spacial score (nSPS) is 16.8. The maximum atomic E-state index is 9.60. The van der Waals surface area contributed by atoms with Gasteiger partial charge >= 0.3 is 6.01 Å². The van der Waals surface area contributed by atoms with Crippen LogP contribution in [0.3, 0.4) is 0 Å². The van der Waals surface area contributed by atoms with Crippen LogP contribution in [0.15, 0.2) is 5.57 Å². The molecular weight excluding hydrogens is 376 g/mol. The van der Waals surface area contributed by atoms with Gasteiger partial charge in [-0.05, 0) is 44.8 Å². The van der Waals surface area contributed by atoms with Crippen molar-refractivity contribution in [3.63, 3.8) is 0 Å². The first-order valence-electron chi connectivity index (χ1n) is 10.9. The van der Waals surface area contributed by atoms with Gasteiger partial charge in [-0.1, -0.05) is 27.2 Å². The molecule has 0 unspecified atom stereocenters. The van der Waals surface area contributed by atoms with Crippen LogP contribution in [0.5, 0.6) is 6.01 Å². The molecular formula is C23H38N6O. The summed E-state index contributed by atoms with van der Waals surface area (Å²) >= 11 is 0. The van der Waals surface area contributed by atoms with Crippen LogP contribution in [-0.2, 0) is 6.42 Å². The molecule has 0 spiro atoms. The number of anilines is 1. The fourth-order valence-corrected chi connectivity index (χ4v) is 3.96. The SMILES string of the molecule is C.CCCCOc1nc(N)c2c(n1)C(CCCCCN1CCN(C)CC1)=C(C#N)C2. The highest BCUT2D eigenvalue weighted by molar-refractivity contribution is 5.79. The van der Waals surface area contributed by atoms with E-state index in [9.17, 15) is 5.26 Å². The summed E-state index contributed by atoms with van der Waals surface area (Å²) in [5, 5.41) is 9.60. The van der Waals surface area contributed by atoms with Crippen LogP contribution < -0.4 is 10.5 Å². The number of aromatic nitrogens is 2. The lowest BCUT2D eigenvalue weighted by molar-refractivity contribution is 0.152. The molecule has 1 aliphatic carbocycles. The molecule has 3 rings (SSSR count). The standard InChI is InChI=1S/C22H34N6O.CH4/c1-3-4-14-29-22-25-20-18(17(16-23)15-19(20)21(24)26-22)8-6-5-7-9-28-12-10-27(2)11-13-28;/h3-15H2,1-2H3,(H2,24,25,26);1H4. The Hall–Kier alpha value is -2.17. The van der Waals surface area contributed by atoms with Crippen LogP contribution in [0.1, 0.15) is 64.1 Å². The average Bonchev–Trinajstić information content (AvgIpc) is 3.08. The lowest BCUT2D eigenvalue weighted by atomic mass is 10.0. The average molecular weight is 415 g/mol. The number of unbranched alkanes of at least 4 members (excludes halogenated alkanes) is 3. The van der Waals surface area contributed by atoms with Crippen molar-refractivity contribution in [1.82, 2.24) is 19.8 Å². The predicted octanol–water partition coefficient (Wildman–Crippen LogP) is 3.51. The number of nitriles is 1. The number of nitrogens with two attached hydrogens (primary N) is 1. The van der Waals surface area contributed by atoms with E-state index in [1.165, 1.54) is 39.1 Å². The summed E-state index contributed by atoms with van der Waals surface area (Å²) in [6, 6.07) is 2.69. The van der Waals surface area contributed by atoms with E-state index in [-0.39, 0.29) is 7.43 Å². The molecule has 7 nitrogen and oxygen atoms in total. The minimum atomic E-state index is 0. The van der Waals surface area contributed by atoms with Gasteiger partial charge in [0.25, 0.3) is 0 Å². The Morgan fingerprint density at radius 1 is 1.10 bits per heavy atom. The second-order valence-electron chi connectivity index (χ2n) is 8.12. The van der Waals surface area contributed by atoms with Crippen molar-refractivity contribution in [2.45, 2.75) is 59.3 Å². The maximum absolute atomic E-state index is 9.60. The third-order valence-corrected chi connectivity index (χ3v) is 5.88. The maximum Gasteiger partial charge on any atom is 0.318 e. The molecule has 1 saturated heterocycles. The molecule has 0 aromatic carbocycles. The van der Waals surface area contributed by atoms with E-state index in [1.807, 2.05) is 0 Å². The number of hydrogen-bond donors (Lipinski definition) is 1. The Balaban J connectivity index is 0.00000320. The van der Waals surface area contributed by atoms with E-state index in [1.54, 1.807) is 0 Å². The van der Waals surface area contributed by atoms with Crippen molar-refractivity contribution >= 4 is 11.4 Å². The van der Waals surface area contributed by atoms with Crippen LogP contribution in [0, 0.1) is 11.3 Å². The van der Waals surface area contributed by atoms with Crippen molar-refractivity contribution in [2.24, 2.45) is 0 Å². The smallest absolute Gasteiger partial charge is 0.318 e. The molecule has 1 fully saturated rings. The van der Waals surface area contributed by atoms with Crippen molar-refractivity contribution < 1.29 is 4.74 Å². The summed E-state index contributed by atoms with van der Waals surface area (Å²) in [5.41, 5.74) is 9.69. The van der Waals surface area contributed by atoms with Crippen LogP contribution in [-0.4, -0.2) is 66.1 Å². The van der Waals surface area contributed by atoms with Gasteiger partial charge in [0.15, 0.2) is 0 Å². The molecule has 0 saturated carbocycles. The first-order valence-corrected chi connectivity index (χ1v) is 10.9. The fraction of sp³-hybridized carbons (Fsp3) is 0.696. The van der Waals surface area contributed by atoms with E-state index in [0.29, 0.717) is 24.9 Å². The van der Waals surface area contributed by atoms with Gasteiger partial charge in [-0.15, -0.1) is 0 Å². The number of nitrogens with zero attached hydrogens (tertiary/aromatic N) is 5. The van der Waals surface area contributed by atoms with Crippen LogP contribution in [0.25, 0.3) is 5.57 Å². The zero-order chi connectivity index (χ0) is 20.6. The Labute approximate surface area is 181 Å². The first-order chi connectivity index (χ1) is 14.1. The molecule has 1 aliphatic heterocycles. The summed E-state index contributed by atoms with van der Waals surface area (Å²) < 4.78 is 5.67. The molecule has 0 bridgehead atoms. The summed E-state index contributed by atoms with van der Waals surface area (Å²) in [6.07, 6.45) is 6.84. The molecule has 2 aliphatic rings. The Morgan fingerprint density at radius 2 is 1.87 bits per heavy atom. The van der Waals surface area contributed by atoms with E-state index in [2.05, 4.69) is 39.8 Å². The molecule has 0 amide bonds. The molecule has 0 atom stereocenters. The second kappa shape index (κ2) is 11.9. The quantitative estimate of drug-likeness (QED) is 0.586. The largest absolute Gasteiger partial charge is 0.463 e. The third kappa shape index (κ3) is 6.16. The summed E-state index contributed by atoms with van der Waals surface area (Å²) in [4.78, 5) is 13.8. The number of fused-ring (bicyclic) bond motifs is 1. The predicted molar refractivity (Wildman–Crippen MR) is 122 cm³/mol. The summed E-state index contributed by atoms with van der Waals surface area (Å²) in [5.74, 6) is 0.444. The Bertz CT molecular complexity index is 762. The minimum absolute atomic E-state index is 0. The van der Waals surface area contributed by atoms with E-state index in [4.69, 9.17) is 10.5 Å². The third-order valence-electron chi connectivity index (χ3n) is 5.88. The molecule has 1 aromatic heterocycles. The van der Waals surface area contributed by atoms with Gasteiger partial charge in [0.1, 0.15) is 5.82 Å². The highest BCUT2D eigenvalue weighted by Gasteiger charge is 2.26. The highest BCUT2D eigenvalue weighted by atomic mass is 16.5. The lowest BCUT2D eigenvalue weighted by Crippen LogP contribution is -2.44. The van der Waals surface area contributed by atoms with Gasteiger partial charge in [0.05, 0.1) is 18.4 Å². The molecule has 2 N–H and O–H groups in total. The zero-order valence-electron chi connectivity index (χ0n) is 17.9. The second-order valence-corrected chi connectivity index (χ2v) is 8.12. The molecule has 30 heavy (non-hydrogen) atoms. The van der Waals surface area contributed by atoms with Crippen molar-refractivity contribution in [2.75, 3.05) is 52.1 Å². The Morgan fingerprint density at radius 3 is 2.57 bits per heavy atom. The monoisotopic (exact) mass is 414 g/mol. The number of ether oxygens (including phenoxy) is 1. The number of rotatable bonds is 10. The van der Waals surface area contributed by atoms with Gasteiger partial charge in [-0.3, -0.25) is 0 Å². The van der Waals surface area contributed by atoms with Gasteiger partial charge in [0.2, 0.25) is 0 Å². The van der Waals surface area contributed by atoms with Gasteiger partial charge in [-0.25, -0.2) is 0 Å². The molecule has 1 aromatic rings. The van der Waals surface area contributed by atoms with Crippen molar-refractivity contribution in [1.29, 1.82) is 5.26 Å². The van der Waals surface area contributed by atoms with Crippen LogP contribution >= 0.6 is 0 Å².